The molecule has 33 heavy (non-hydrogen) atoms. The Morgan fingerprint density at radius 3 is 1.94 bits per heavy atom. The van der Waals surface area contributed by atoms with Crippen molar-refractivity contribution in [2.24, 2.45) is 0 Å². The normalized spacial score (nSPS) is 14.5. The number of carbonyl (C=O) groups is 1. The molecule has 190 valence electrons. The maximum atomic E-state index is 12.3. The number of rotatable bonds is 22. The van der Waals surface area contributed by atoms with Crippen molar-refractivity contribution in [1.29, 1.82) is 0 Å². The third kappa shape index (κ3) is 16.0. The number of ketones is 1. The van der Waals surface area contributed by atoms with Crippen molar-refractivity contribution in [3.8, 4) is 0 Å². The highest BCUT2D eigenvalue weighted by Gasteiger charge is 2.27. The van der Waals surface area contributed by atoms with Gasteiger partial charge in [-0.3, -0.25) is 14.3 Å². The highest BCUT2D eigenvalue weighted by molar-refractivity contribution is 5.79. The van der Waals surface area contributed by atoms with Gasteiger partial charge in [-0.25, -0.2) is 0 Å². The Kier molecular flexibility index (Phi) is 19.0. The van der Waals surface area contributed by atoms with E-state index >= 15 is 0 Å². The molecular weight excluding hydrogens is 404 g/mol. The lowest BCUT2D eigenvalue weighted by Crippen LogP contribution is -2.30. The van der Waals surface area contributed by atoms with Crippen LogP contribution in [0.3, 0.4) is 0 Å². The number of Topliss-reactive ketones (excluding diaryl/α,β-unsaturated/α-hetero) is 1. The van der Waals surface area contributed by atoms with Crippen LogP contribution < -0.4 is 0 Å². The van der Waals surface area contributed by atoms with Crippen molar-refractivity contribution in [3.63, 3.8) is 0 Å². The highest BCUT2D eigenvalue weighted by Crippen LogP contribution is 2.14. The first-order chi connectivity index (χ1) is 16.2. The molecule has 0 aromatic heterocycles. The Bertz CT molecular complexity index is 576. The second-order valence-corrected chi connectivity index (χ2v) is 9.84. The molecule has 0 N–H and O–H groups in total. The molecule has 0 aromatic rings. The van der Waals surface area contributed by atoms with E-state index in [0.717, 1.165) is 58.2 Å². The molecule has 0 aromatic carbocycles. The van der Waals surface area contributed by atoms with Gasteiger partial charge in [0.15, 0.2) is 0 Å². The molecule has 1 aliphatic rings. The molecule has 1 heterocycles. The highest BCUT2D eigenvalue weighted by atomic mass is 16.1. The number of allylic oxidation sites excluding steroid dienone is 4. The fraction of sp³-hybridized carbons (Fsp3) is 0.800. The minimum absolute atomic E-state index is 0.476. The average molecular weight is 460 g/mol. The van der Waals surface area contributed by atoms with Crippen LogP contribution in [0.2, 0.25) is 0 Å². The van der Waals surface area contributed by atoms with Gasteiger partial charge in [-0.1, -0.05) is 76.7 Å². The molecule has 0 amide bonds. The lowest BCUT2D eigenvalue weighted by molar-refractivity contribution is -0.487. The summed E-state index contributed by atoms with van der Waals surface area (Å²) in [5.74, 6) is 1.99. The van der Waals surface area contributed by atoms with Crippen LogP contribution in [0.1, 0.15) is 129 Å². The van der Waals surface area contributed by atoms with Crippen LogP contribution in [0.4, 0.5) is 0 Å². The Labute approximate surface area is 206 Å². The van der Waals surface area contributed by atoms with E-state index in [4.69, 9.17) is 0 Å². The molecule has 0 bridgehead atoms. The Balaban J connectivity index is 2.05. The van der Waals surface area contributed by atoms with Gasteiger partial charge in [0, 0.05) is 19.3 Å². The summed E-state index contributed by atoms with van der Waals surface area (Å²) in [4.78, 5) is 14.8. The van der Waals surface area contributed by atoms with Gasteiger partial charge in [0.2, 0.25) is 5.84 Å². The van der Waals surface area contributed by atoms with Crippen LogP contribution in [-0.2, 0) is 4.79 Å². The molecular formula is C30H55N2O+. The maximum Gasteiger partial charge on any atom is 0.246 e. The largest absolute Gasteiger partial charge is 0.300 e. The van der Waals surface area contributed by atoms with Crippen molar-refractivity contribution in [1.82, 2.24) is 4.90 Å². The third-order valence-corrected chi connectivity index (χ3v) is 6.80. The van der Waals surface area contributed by atoms with Crippen LogP contribution in [0, 0.1) is 0 Å². The second kappa shape index (κ2) is 21.2. The van der Waals surface area contributed by atoms with E-state index in [1.165, 1.54) is 82.9 Å². The number of unbranched alkanes of at least 4 members (excludes halogenated alkanes) is 10. The van der Waals surface area contributed by atoms with E-state index in [-0.39, 0.29) is 0 Å². The van der Waals surface area contributed by atoms with Crippen LogP contribution in [0.5, 0.6) is 0 Å². The van der Waals surface area contributed by atoms with Crippen molar-refractivity contribution < 1.29 is 9.37 Å². The fourth-order valence-electron chi connectivity index (χ4n) is 4.71. The zero-order valence-electron chi connectivity index (χ0n) is 22.5. The van der Waals surface area contributed by atoms with Crippen molar-refractivity contribution in [2.45, 2.75) is 129 Å². The van der Waals surface area contributed by atoms with E-state index in [1.807, 2.05) is 0 Å². The van der Waals surface area contributed by atoms with Gasteiger partial charge in [-0.2, -0.15) is 0 Å². The molecule has 0 radical (unpaired) electrons. The van der Waals surface area contributed by atoms with Gasteiger partial charge < -0.3 is 0 Å². The molecule has 0 saturated heterocycles. The first kappa shape index (κ1) is 29.7. The number of nitrogens with zero attached hydrogens (tertiary/aromatic N) is 2. The average Bonchev–Trinajstić information content (AvgIpc) is 3.16. The maximum absolute atomic E-state index is 12.3. The van der Waals surface area contributed by atoms with Crippen molar-refractivity contribution >= 4 is 11.6 Å². The molecule has 0 aliphatic carbocycles. The quantitative estimate of drug-likeness (QED) is 0.0927. The van der Waals surface area contributed by atoms with E-state index < -0.39 is 0 Å². The second-order valence-electron chi connectivity index (χ2n) is 9.84. The number of likely N-dealkylation sites (N-methyl/N-ethyl adjacent to an activating group) is 1. The number of carbonyl (C=O) groups excluding carboxylic acids is 1. The minimum Gasteiger partial charge on any atom is -0.300 e. The zero-order chi connectivity index (χ0) is 24.0. The molecule has 3 nitrogen and oxygen atoms in total. The number of hydrogen-bond acceptors (Lipinski definition) is 2. The van der Waals surface area contributed by atoms with Crippen LogP contribution in [-0.4, -0.2) is 47.8 Å². The third-order valence-electron chi connectivity index (χ3n) is 6.80. The predicted molar refractivity (Wildman–Crippen MR) is 145 cm³/mol. The minimum atomic E-state index is 0.476. The molecule has 0 fully saturated rings. The number of amidine groups is 1. The zero-order valence-corrected chi connectivity index (χ0v) is 22.5. The van der Waals surface area contributed by atoms with Crippen molar-refractivity contribution in [2.75, 3.05) is 26.7 Å². The van der Waals surface area contributed by atoms with Gasteiger partial charge in [0.1, 0.15) is 18.9 Å². The summed E-state index contributed by atoms with van der Waals surface area (Å²) in [5.41, 5.74) is 0. The Hall–Kier alpha value is -1.38. The van der Waals surface area contributed by atoms with E-state index in [9.17, 15) is 4.79 Å². The first-order valence-electron chi connectivity index (χ1n) is 14.3. The van der Waals surface area contributed by atoms with Gasteiger partial charge in [0.25, 0.3) is 0 Å². The SMILES string of the molecule is CC/C=C/CCCCCCCC(=O)CCCN1CC[N+](C)=C1CCCCCCC/C=C/CC. The van der Waals surface area contributed by atoms with E-state index in [0.29, 0.717) is 5.78 Å². The van der Waals surface area contributed by atoms with E-state index in [2.05, 4.69) is 54.7 Å². The van der Waals surface area contributed by atoms with Crippen molar-refractivity contribution in [3.05, 3.63) is 24.3 Å². The summed E-state index contributed by atoms with van der Waals surface area (Å²) in [6.07, 6.45) is 30.6. The van der Waals surface area contributed by atoms with Gasteiger partial charge in [-0.15, -0.1) is 0 Å². The van der Waals surface area contributed by atoms with E-state index in [1.54, 1.807) is 0 Å². The summed E-state index contributed by atoms with van der Waals surface area (Å²) >= 11 is 0. The standard InChI is InChI=1S/C30H55N2O/c1-4-6-8-10-12-14-16-18-20-23-29(33)24-22-26-32-28-27-31(3)30(32)25-21-19-17-15-13-11-9-7-5-2/h6-9H,4-5,10-28H2,1-3H3/q+1/b8-6+,9-7+. The lowest BCUT2D eigenvalue weighted by Gasteiger charge is -2.13. The van der Waals surface area contributed by atoms with Crippen LogP contribution in [0.15, 0.2) is 24.3 Å². The monoisotopic (exact) mass is 459 g/mol. The molecule has 0 unspecified atom stereocenters. The molecule has 1 rings (SSSR count). The van der Waals surface area contributed by atoms with Gasteiger partial charge >= 0.3 is 0 Å². The summed E-state index contributed by atoms with van der Waals surface area (Å²) in [6, 6.07) is 0. The lowest BCUT2D eigenvalue weighted by atomic mass is 10.0. The Morgan fingerprint density at radius 2 is 1.30 bits per heavy atom. The summed E-state index contributed by atoms with van der Waals surface area (Å²) in [6.45, 7) is 7.72. The number of hydrogen-bond donors (Lipinski definition) is 0. The smallest absolute Gasteiger partial charge is 0.246 e. The van der Waals surface area contributed by atoms with Gasteiger partial charge in [-0.05, 0) is 57.8 Å². The molecule has 0 atom stereocenters. The van der Waals surface area contributed by atoms with Crippen LogP contribution >= 0.6 is 0 Å². The van der Waals surface area contributed by atoms with Crippen LogP contribution in [0.25, 0.3) is 0 Å². The molecule has 3 heteroatoms. The molecule has 1 aliphatic heterocycles. The molecule has 0 saturated carbocycles. The van der Waals surface area contributed by atoms with Gasteiger partial charge in [0.05, 0.1) is 13.6 Å². The topological polar surface area (TPSA) is 23.3 Å². The first-order valence-corrected chi connectivity index (χ1v) is 14.3. The molecule has 0 spiro atoms. The fourth-order valence-corrected chi connectivity index (χ4v) is 4.71. The summed E-state index contributed by atoms with van der Waals surface area (Å²) < 4.78 is 2.44. The summed E-state index contributed by atoms with van der Waals surface area (Å²) in [5, 5.41) is 0. The summed E-state index contributed by atoms with van der Waals surface area (Å²) in [7, 11) is 2.24. The predicted octanol–water partition coefficient (Wildman–Crippen LogP) is 8.09. The Morgan fingerprint density at radius 1 is 0.758 bits per heavy atom.